The molecule has 1 aliphatic carbocycles. The van der Waals surface area contributed by atoms with E-state index in [2.05, 4.69) is 15.9 Å². The van der Waals surface area contributed by atoms with Crippen molar-refractivity contribution in [3.05, 3.63) is 0 Å². The maximum Gasteiger partial charge on any atom is 0.454 e. The van der Waals surface area contributed by atoms with Gasteiger partial charge < -0.3 is 10.0 Å². The average molecular weight is 221 g/mol. The first-order valence-corrected chi connectivity index (χ1v) is 5.12. The molecule has 2 nitrogen and oxygen atoms in total. The first kappa shape index (κ1) is 9.55. The standard InChI is InChI=1S/C7H14BBrO2/c9-7-3-1-2-6(4-5-7)8(10)11/h6-7,10-11H,1-5H2. The minimum absolute atomic E-state index is 0.109. The van der Waals surface area contributed by atoms with E-state index >= 15 is 0 Å². The van der Waals surface area contributed by atoms with Crippen LogP contribution in [0.4, 0.5) is 0 Å². The van der Waals surface area contributed by atoms with Crippen molar-refractivity contribution >= 4 is 23.0 Å². The van der Waals surface area contributed by atoms with E-state index < -0.39 is 7.12 Å². The van der Waals surface area contributed by atoms with Crippen molar-refractivity contribution in [1.29, 1.82) is 0 Å². The highest BCUT2D eigenvalue weighted by Crippen LogP contribution is 2.31. The van der Waals surface area contributed by atoms with Gasteiger partial charge in [0.1, 0.15) is 0 Å². The second-order valence-electron chi connectivity index (χ2n) is 3.28. The monoisotopic (exact) mass is 220 g/mol. The van der Waals surface area contributed by atoms with Crippen LogP contribution in [0.5, 0.6) is 0 Å². The predicted octanol–water partition coefficient (Wildman–Crippen LogP) is 1.56. The van der Waals surface area contributed by atoms with Crippen molar-refractivity contribution in [2.24, 2.45) is 0 Å². The third-order valence-electron chi connectivity index (χ3n) is 2.36. The zero-order chi connectivity index (χ0) is 8.27. The smallest absolute Gasteiger partial charge is 0.427 e. The van der Waals surface area contributed by atoms with E-state index in [0.29, 0.717) is 4.83 Å². The van der Waals surface area contributed by atoms with Crippen LogP contribution in [-0.2, 0) is 0 Å². The Balaban J connectivity index is 2.34. The Morgan fingerprint density at radius 2 is 1.82 bits per heavy atom. The summed E-state index contributed by atoms with van der Waals surface area (Å²) in [7, 11) is -1.10. The molecule has 0 aliphatic heterocycles. The second-order valence-corrected chi connectivity index (χ2v) is 4.57. The van der Waals surface area contributed by atoms with Gasteiger partial charge in [0, 0.05) is 4.83 Å². The van der Waals surface area contributed by atoms with Gasteiger partial charge >= 0.3 is 7.12 Å². The molecular formula is C7H14BBrO2. The summed E-state index contributed by atoms with van der Waals surface area (Å²) in [5.74, 6) is 0.109. The summed E-state index contributed by atoms with van der Waals surface area (Å²) in [5.41, 5.74) is 0. The van der Waals surface area contributed by atoms with Crippen LogP contribution in [0.1, 0.15) is 32.1 Å². The largest absolute Gasteiger partial charge is 0.454 e. The van der Waals surface area contributed by atoms with Gasteiger partial charge in [-0.2, -0.15) is 0 Å². The maximum atomic E-state index is 8.93. The van der Waals surface area contributed by atoms with Gasteiger partial charge in [-0.15, -0.1) is 0 Å². The number of rotatable bonds is 1. The molecule has 2 unspecified atom stereocenters. The van der Waals surface area contributed by atoms with E-state index in [1.54, 1.807) is 0 Å². The molecule has 11 heavy (non-hydrogen) atoms. The van der Waals surface area contributed by atoms with Crippen LogP contribution in [0.2, 0.25) is 5.82 Å². The summed E-state index contributed by atoms with van der Waals surface area (Å²) >= 11 is 3.55. The normalized spacial score (nSPS) is 33.0. The fraction of sp³-hybridized carbons (Fsp3) is 1.00. The summed E-state index contributed by atoms with van der Waals surface area (Å²) in [5, 5.41) is 17.9. The van der Waals surface area contributed by atoms with Crippen LogP contribution in [0.3, 0.4) is 0 Å². The molecule has 2 atom stereocenters. The molecule has 0 amide bonds. The van der Waals surface area contributed by atoms with Gasteiger partial charge in [0.2, 0.25) is 0 Å². The zero-order valence-electron chi connectivity index (χ0n) is 6.54. The molecular weight excluding hydrogens is 207 g/mol. The lowest BCUT2D eigenvalue weighted by molar-refractivity contribution is 0.374. The van der Waals surface area contributed by atoms with E-state index in [-0.39, 0.29) is 5.82 Å². The summed E-state index contributed by atoms with van der Waals surface area (Å²) in [4.78, 5) is 0.589. The zero-order valence-corrected chi connectivity index (χ0v) is 8.13. The third-order valence-corrected chi connectivity index (χ3v) is 3.28. The number of alkyl halides is 1. The van der Waals surface area contributed by atoms with Gasteiger partial charge in [-0.25, -0.2) is 0 Å². The third kappa shape index (κ3) is 3.14. The molecule has 0 radical (unpaired) electrons. The van der Waals surface area contributed by atoms with Crippen molar-refractivity contribution in [3.8, 4) is 0 Å². The van der Waals surface area contributed by atoms with Crippen molar-refractivity contribution in [2.45, 2.75) is 42.7 Å². The Hall–Kier alpha value is 0.465. The highest BCUT2D eigenvalue weighted by molar-refractivity contribution is 9.09. The first-order valence-electron chi connectivity index (χ1n) is 4.20. The van der Waals surface area contributed by atoms with Crippen LogP contribution >= 0.6 is 15.9 Å². The van der Waals surface area contributed by atoms with Gasteiger partial charge in [-0.3, -0.25) is 0 Å². The lowest BCUT2D eigenvalue weighted by Crippen LogP contribution is -2.19. The van der Waals surface area contributed by atoms with E-state index in [0.717, 1.165) is 25.7 Å². The van der Waals surface area contributed by atoms with Crippen molar-refractivity contribution in [1.82, 2.24) is 0 Å². The van der Waals surface area contributed by atoms with Gasteiger partial charge in [-0.1, -0.05) is 35.2 Å². The second kappa shape index (κ2) is 4.48. The van der Waals surface area contributed by atoms with Crippen molar-refractivity contribution in [3.63, 3.8) is 0 Å². The van der Waals surface area contributed by atoms with E-state index in [1.165, 1.54) is 6.42 Å². The Bertz CT molecular complexity index is 121. The molecule has 1 saturated carbocycles. The van der Waals surface area contributed by atoms with Crippen LogP contribution in [0.25, 0.3) is 0 Å². The summed E-state index contributed by atoms with van der Waals surface area (Å²) in [6.07, 6.45) is 5.25. The fourth-order valence-electron chi connectivity index (χ4n) is 1.58. The van der Waals surface area contributed by atoms with Crippen LogP contribution < -0.4 is 0 Å². The lowest BCUT2D eigenvalue weighted by atomic mass is 9.69. The summed E-state index contributed by atoms with van der Waals surface area (Å²) < 4.78 is 0. The van der Waals surface area contributed by atoms with E-state index in [9.17, 15) is 0 Å². The quantitative estimate of drug-likeness (QED) is 0.400. The molecule has 1 aliphatic rings. The fourth-order valence-corrected chi connectivity index (χ4v) is 2.17. The van der Waals surface area contributed by atoms with Gasteiger partial charge in [-0.05, 0) is 18.7 Å². The minimum Gasteiger partial charge on any atom is -0.427 e. The average Bonchev–Trinajstić information content (AvgIpc) is 2.13. The topological polar surface area (TPSA) is 40.5 Å². The molecule has 0 aromatic carbocycles. The first-order chi connectivity index (χ1) is 5.20. The SMILES string of the molecule is OB(O)C1CCCC(Br)CC1. The van der Waals surface area contributed by atoms with Crippen molar-refractivity contribution in [2.75, 3.05) is 0 Å². The number of halogens is 1. The van der Waals surface area contributed by atoms with E-state index in [4.69, 9.17) is 10.0 Å². The molecule has 0 aromatic heterocycles. The van der Waals surface area contributed by atoms with Crippen LogP contribution in [-0.4, -0.2) is 22.0 Å². The molecule has 1 rings (SSSR count). The summed E-state index contributed by atoms with van der Waals surface area (Å²) in [6.45, 7) is 0. The maximum absolute atomic E-state index is 8.93. The number of hydrogen-bond acceptors (Lipinski definition) is 2. The Kier molecular flexibility index (Phi) is 3.89. The molecule has 0 spiro atoms. The minimum atomic E-state index is -1.10. The summed E-state index contributed by atoms with van der Waals surface area (Å²) in [6, 6.07) is 0. The van der Waals surface area contributed by atoms with Crippen LogP contribution in [0.15, 0.2) is 0 Å². The Morgan fingerprint density at radius 3 is 2.45 bits per heavy atom. The molecule has 64 valence electrons. The number of hydrogen-bond donors (Lipinski definition) is 2. The molecule has 4 heteroatoms. The highest BCUT2D eigenvalue weighted by atomic mass is 79.9. The van der Waals surface area contributed by atoms with Crippen LogP contribution in [0, 0.1) is 0 Å². The molecule has 0 saturated heterocycles. The Morgan fingerprint density at radius 1 is 1.09 bits per heavy atom. The molecule has 0 bridgehead atoms. The molecule has 1 fully saturated rings. The highest BCUT2D eigenvalue weighted by Gasteiger charge is 2.25. The predicted molar refractivity (Wildman–Crippen MR) is 49.7 cm³/mol. The van der Waals surface area contributed by atoms with Crippen molar-refractivity contribution < 1.29 is 10.0 Å². The lowest BCUT2D eigenvalue weighted by Gasteiger charge is -2.11. The molecule has 2 N–H and O–H groups in total. The van der Waals surface area contributed by atoms with Gasteiger partial charge in [0.05, 0.1) is 0 Å². The molecule has 0 aromatic rings. The van der Waals surface area contributed by atoms with E-state index in [1.807, 2.05) is 0 Å². The van der Waals surface area contributed by atoms with Gasteiger partial charge in [0.15, 0.2) is 0 Å². The molecule has 0 heterocycles. The van der Waals surface area contributed by atoms with Gasteiger partial charge in [0.25, 0.3) is 0 Å². The Labute approximate surface area is 76.3 Å².